The fourth-order valence-electron chi connectivity index (χ4n) is 2.54. The molecular formula is C18H15F3N2O3. The van der Waals surface area contributed by atoms with E-state index in [1.807, 2.05) is 0 Å². The van der Waals surface area contributed by atoms with Crippen molar-refractivity contribution in [1.82, 2.24) is 0 Å². The van der Waals surface area contributed by atoms with Crippen molar-refractivity contribution in [2.75, 3.05) is 17.2 Å². The maximum absolute atomic E-state index is 12.7. The van der Waals surface area contributed by atoms with Crippen molar-refractivity contribution >= 4 is 23.2 Å². The topological polar surface area (TPSA) is 67.4 Å². The van der Waals surface area contributed by atoms with E-state index in [1.54, 1.807) is 18.2 Å². The number of nitrogens with one attached hydrogen (secondary N) is 2. The van der Waals surface area contributed by atoms with Crippen LogP contribution in [0, 0.1) is 0 Å². The van der Waals surface area contributed by atoms with Gasteiger partial charge in [-0.1, -0.05) is 12.1 Å². The molecule has 1 aliphatic heterocycles. The van der Waals surface area contributed by atoms with E-state index in [0.717, 1.165) is 17.7 Å². The predicted molar refractivity (Wildman–Crippen MR) is 89.0 cm³/mol. The number of carbonyl (C=O) groups excluding carboxylic acids is 2. The van der Waals surface area contributed by atoms with E-state index in [0.29, 0.717) is 17.9 Å². The fourth-order valence-corrected chi connectivity index (χ4v) is 2.54. The second kappa shape index (κ2) is 7.07. The van der Waals surface area contributed by atoms with Gasteiger partial charge >= 0.3 is 6.18 Å². The molecule has 0 aliphatic carbocycles. The summed E-state index contributed by atoms with van der Waals surface area (Å²) in [4.78, 5) is 23.3. The smallest absolute Gasteiger partial charge is 0.416 e. The van der Waals surface area contributed by atoms with E-state index < -0.39 is 17.6 Å². The molecule has 2 amide bonds. The van der Waals surface area contributed by atoms with Crippen LogP contribution < -0.4 is 15.4 Å². The molecule has 26 heavy (non-hydrogen) atoms. The van der Waals surface area contributed by atoms with Gasteiger partial charge in [-0.05, 0) is 42.3 Å². The lowest BCUT2D eigenvalue weighted by Crippen LogP contribution is -2.25. The van der Waals surface area contributed by atoms with Gasteiger partial charge in [-0.2, -0.15) is 13.2 Å². The van der Waals surface area contributed by atoms with Gasteiger partial charge in [-0.15, -0.1) is 0 Å². The number of hydrogen-bond acceptors (Lipinski definition) is 3. The number of carbonyl (C=O) groups is 2. The fraction of sp³-hybridized carbons (Fsp3) is 0.222. The van der Waals surface area contributed by atoms with Crippen LogP contribution in [0.4, 0.5) is 24.5 Å². The number of amides is 2. The average Bonchev–Trinajstić information content (AvgIpc) is 2.59. The van der Waals surface area contributed by atoms with Crippen molar-refractivity contribution in [1.29, 1.82) is 0 Å². The molecule has 5 nitrogen and oxygen atoms in total. The number of fused-ring (bicyclic) bond motifs is 1. The average molecular weight is 364 g/mol. The summed E-state index contributed by atoms with van der Waals surface area (Å²) in [5, 5.41) is 5.14. The minimum absolute atomic E-state index is 0.0360. The summed E-state index contributed by atoms with van der Waals surface area (Å²) < 4.78 is 43.3. The first-order valence-electron chi connectivity index (χ1n) is 7.84. The summed E-state index contributed by atoms with van der Waals surface area (Å²) in [5.41, 5.74) is 0.613. The molecule has 0 bridgehead atoms. The zero-order valence-electron chi connectivity index (χ0n) is 13.5. The molecule has 0 unspecified atom stereocenters. The van der Waals surface area contributed by atoms with Crippen LogP contribution in [0.5, 0.6) is 5.75 Å². The number of aryl methyl sites for hydroxylation is 1. The lowest BCUT2D eigenvalue weighted by molar-refractivity contribution is -0.137. The van der Waals surface area contributed by atoms with Gasteiger partial charge < -0.3 is 15.4 Å². The summed E-state index contributed by atoms with van der Waals surface area (Å²) in [7, 11) is 0. The Morgan fingerprint density at radius 2 is 2.00 bits per heavy atom. The molecule has 3 rings (SSSR count). The molecule has 0 radical (unpaired) electrons. The van der Waals surface area contributed by atoms with E-state index in [9.17, 15) is 22.8 Å². The lowest BCUT2D eigenvalue weighted by Gasteiger charge is -2.18. The molecule has 0 saturated carbocycles. The van der Waals surface area contributed by atoms with Crippen molar-refractivity contribution in [3.8, 4) is 5.75 Å². The van der Waals surface area contributed by atoms with Crippen molar-refractivity contribution in [3.63, 3.8) is 0 Å². The Bertz CT molecular complexity index is 850. The number of alkyl halides is 3. The molecule has 8 heteroatoms. The lowest BCUT2D eigenvalue weighted by atomic mass is 10.1. The molecule has 0 spiro atoms. The van der Waals surface area contributed by atoms with E-state index >= 15 is 0 Å². The highest BCUT2D eigenvalue weighted by Gasteiger charge is 2.30. The maximum Gasteiger partial charge on any atom is 0.416 e. The first kappa shape index (κ1) is 17.8. The summed E-state index contributed by atoms with van der Waals surface area (Å²) in [6, 6.07) is 9.67. The van der Waals surface area contributed by atoms with Crippen molar-refractivity contribution in [3.05, 3.63) is 53.6 Å². The van der Waals surface area contributed by atoms with Crippen LogP contribution in [0.1, 0.15) is 17.5 Å². The van der Waals surface area contributed by atoms with Crippen LogP contribution in [-0.4, -0.2) is 18.4 Å². The Labute approximate surface area is 147 Å². The highest BCUT2D eigenvalue weighted by Crippen LogP contribution is 2.31. The summed E-state index contributed by atoms with van der Waals surface area (Å²) in [6.45, 7) is -0.0360. The normalized spacial score (nSPS) is 13.4. The molecule has 1 heterocycles. The van der Waals surface area contributed by atoms with Gasteiger partial charge in [0.05, 0.1) is 11.3 Å². The number of anilines is 2. The maximum atomic E-state index is 12.7. The van der Waals surface area contributed by atoms with Crippen molar-refractivity contribution in [2.24, 2.45) is 0 Å². The summed E-state index contributed by atoms with van der Waals surface area (Å²) >= 11 is 0. The zero-order chi connectivity index (χ0) is 18.7. The second-order valence-electron chi connectivity index (χ2n) is 5.79. The zero-order valence-corrected chi connectivity index (χ0v) is 13.5. The van der Waals surface area contributed by atoms with Gasteiger partial charge in [0, 0.05) is 12.1 Å². The first-order valence-corrected chi connectivity index (χ1v) is 7.84. The van der Waals surface area contributed by atoms with Crippen LogP contribution in [0.25, 0.3) is 0 Å². The minimum Gasteiger partial charge on any atom is -0.482 e. The predicted octanol–water partition coefficient (Wildman–Crippen LogP) is 3.61. The Balaban J connectivity index is 1.60. The van der Waals surface area contributed by atoms with Gasteiger partial charge in [0.2, 0.25) is 5.91 Å². The second-order valence-corrected chi connectivity index (χ2v) is 5.79. The van der Waals surface area contributed by atoms with Crippen molar-refractivity contribution < 1.29 is 27.5 Å². The van der Waals surface area contributed by atoms with Crippen LogP contribution in [0.2, 0.25) is 0 Å². The number of rotatable bonds is 4. The summed E-state index contributed by atoms with van der Waals surface area (Å²) in [5.74, 6) is -0.0963. The number of halogens is 3. The van der Waals surface area contributed by atoms with Crippen LogP contribution in [0.3, 0.4) is 0 Å². The molecule has 0 saturated heterocycles. The standard InChI is InChI=1S/C18H15F3N2O3/c19-18(20,21)12-2-1-3-13(9-12)22-16(24)7-5-11-4-6-15-14(8-11)23-17(25)10-26-15/h1-4,6,8-9H,5,7,10H2,(H,22,24)(H,23,25). The third-order valence-electron chi connectivity index (χ3n) is 3.79. The van der Waals surface area contributed by atoms with Crippen LogP contribution in [0.15, 0.2) is 42.5 Å². The van der Waals surface area contributed by atoms with E-state index in [4.69, 9.17) is 4.74 Å². The molecule has 2 aromatic rings. The molecular weight excluding hydrogens is 349 g/mol. The number of ether oxygens (including phenoxy) is 1. The highest BCUT2D eigenvalue weighted by atomic mass is 19.4. The van der Waals surface area contributed by atoms with Gasteiger partial charge in [0.1, 0.15) is 5.75 Å². The molecule has 1 aliphatic rings. The monoisotopic (exact) mass is 364 g/mol. The van der Waals surface area contributed by atoms with Crippen LogP contribution >= 0.6 is 0 Å². The Morgan fingerprint density at radius 3 is 2.77 bits per heavy atom. The number of hydrogen-bond donors (Lipinski definition) is 2. The highest BCUT2D eigenvalue weighted by molar-refractivity contribution is 5.95. The molecule has 2 N–H and O–H groups in total. The molecule has 0 atom stereocenters. The largest absolute Gasteiger partial charge is 0.482 e. The van der Waals surface area contributed by atoms with Gasteiger partial charge in [0.15, 0.2) is 6.61 Å². The molecule has 2 aromatic carbocycles. The Kier molecular flexibility index (Phi) is 4.83. The number of benzene rings is 2. The third-order valence-corrected chi connectivity index (χ3v) is 3.79. The Hall–Kier alpha value is -3.03. The van der Waals surface area contributed by atoms with Gasteiger partial charge in [0.25, 0.3) is 5.91 Å². The van der Waals surface area contributed by atoms with Crippen LogP contribution in [-0.2, 0) is 22.2 Å². The molecule has 0 fully saturated rings. The van der Waals surface area contributed by atoms with E-state index in [2.05, 4.69) is 10.6 Å². The Morgan fingerprint density at radius 1 is 1.19 bits per heavy atom. The first-order chi connectivity index (χ1) is 12.3. The minimum atomic E-state index is -4.46. The van der Waals surface area contributed by atoms with Crippen molar-refractivity contribution in [2.45, 2.75) is 19.0 Å². The quantitative estimate of drug-likeness (QED) is 0.871. The molecule has 136 valence electrons. The summed E-state index contributed by atoms with van der Waals surface area (Å²) in [6.07, 6.45) is -4.01. The SMILES string of the molecule is O=C(CCc1ccc2c(c1)NC(=O)CO2)Nc1cccc(C(F)(F)F)c1. The third kappa shape index (κ3) is 4.33. The molecule has 0 aromatic heterocycles. The van der Waals surface area contributed by atoms with E-state index in [-0.39, 0.29) is 24.6 Å². The van der Waals surface area contributed by atoms with E-state index in [1.165, 1.54) is 12.1 Å². The van der Waals surface area contributed by atoms with Gasteiger partial charge in [-0.3, -0.25) is 9.59 Å². The van der Waals surface area contributed by atoms with Gasteiger partial charge in [-0.25, -0.2) is 0 Å².